The van der Waals surface area contributed by atoms with Gasteiger partial charge in [-0.3, -0.25) is 9.78 Å². The van der Waals surface area contributed by atoms with Crippen molar-refractivity contribution in [1.29, 1.82) is 0 Å². The number of ether oxygens (including phenoxy) is 1. The van der Waals surface area contributed by atoms with Gasteiger partial charge in [-0.15, -0.1) is 0 Å². The van der Waals surface area contributed by atoms with Gasteiger partial charge in [0, 0.05) is 24.6 Å². The number of hydrogen-bond donors (Lipinski definition) is 2. The van der Waals surface area contributed by atoms with Gasteiger partial charge in [-0.1, -0.05) is 6.07 Å². The summed E-state index contributed by atoms with van der Waals surface area (Å²) in [4.78, 5) is 15.9. The maximum atomic E-state index is 11.9. The molecule has 0 fully saturated rings. The van der Waals surface area contributed by atoms with Crippen molar-refractivity contribution in [2.24, 2.45) is 0 Å². The molecule has 1 heterocycles. The number of nitrogen functional groups attached to an aromatic ring is 1. The first-order valence-corrected chi connectivity index (χ1v) is 6.34. The van der Waals surface area contributed by atoms with Crippen LogP contribution in [0.1, 0.15) is 12.5 Å². The average Bonchev–Trinajstić information content (AvgIpc) is 2.48. The number of anilines is 1. The lowest BCUT2D eigenvalue weighted by molar-refractivity contribution is -0.127. The zero-order valence-electron chi connectivity index (χ0n) is 11.2. The number of hydrogen-bond acceptors (Lipinski definition) is 4. The minimum atomic E-state index is -0.574. The number of nitrogens with two attached hydrogens (primary N) is 1. The highest BCUT2D eigenvalue weighted by Crippen LogP contribution is 2.14. The van der Waals surface area contributed by atoms with Crippen LogP contribution in [0, 0.1) is 0 Å². The van der Waals surface area contributed by atoms with Gasteiger partial charge in [0.1, 0.15) is 5.75 Å². The first kappa shape index (κ1) is 13.9. The summed E-state index contributed by atoms with van der Waals surface area (Å²) in [5.41, 5.74) is 7.19. The van der Waals surface area contributed by atoms with Gasteiger partial charge >= 0.3 is 0 Å². The number of nitrogens with one attached hydrogen (secondary N) is 1. The lowest BCUT2D eigenvalue weighted by Crippen LogP contribution is -2.35. The maximum absolute atomic E-state index is 11.9. The second-order valence-corrected chi connectivity index (χ2v) is 4.41. The fraction of sp³-hybridized carbons (Fsp3) is 0.200. The Hall–Kier alpha value is -2.56. The first-order chi connectivity index (χ1) is 9.65. The lowest BCUT2D eigenvalue weighted by atomic mass is 10.2. The standard InChI is InChI=1S/C15H17N3O2/c1-11(20-14-6-4-13(16)5-7-14)15(19)18-10-12-3-2-8-17-9-12/h2-9,11H,10,16H2,1H3,(H,18,19). The molecule has 1 atom stereocenters. The van der Waals surface area contributed by atoms with E-state index in [-0.39, 0.29) is 5.91 Å². The molecule has 1 unspecified atom stereocenters. The van der Waals surface area contributed by atoms with Gasteiger partial charge in [-0.2, -0.15) is 0 Å². The molecule has 1 amide bonds. The maximum Gasteiger partial charge on any atom is 0.261 e. The lowest BCUT2D eigenvalue weighted by Gasteiger charge is -2.14. The second-order valence-electron chi connectivity index (χ2n) is 4.41. The molecule has 5 heteroatoms. The normalized spacial score (nSPS) is 11.7. The molecule has 0 saturated carbocycles. The van der Waals surface area contributed by atoms with Crippen LogP contribution < -0.4 is 15.8 Å². The van der Waals surface area contributed by atoms with Crippen LogP contribution in [0.15, 0.2) is 48.8 Å². The minimum Gasteiger partial charge on any atom is -0.481 e. The van der Waals surface area contributed by atoms with E-state index >= 15 is 0 Å². The van der Waals surface area contributed by atoms with Crippen molar-refractivity contribution in [3.8, 4) is 5.75 Å². The molecule has 2 rings (SSSR count). The van der Waals surface area contributed by atoms with Crippen LogP contribution >= 0.6 is 0 Å². The Morgan fingerprint density at radius 3 is 2.75 bits per heavy atom. The minimum absolute atomic E-state index is 0.175. The molecule has 1 aromatic carbocycles. The van der Waals surface area contributed by atoms with Gasteiger partial charge in [0.15, 0.2) is 6.10 Å². The Morgan fingerprint density at radius 1 is 1.35 bits per heavy atom. The Bertz CT molecular complexity index is 555. The van der Waals surface area contributed by atoms with Crippen LogP contribution in [-0.2, 0) is 11.3 Å². The van der Waals surface area contributed by atoms with Gasteiger partial charge in [-0.25, -0.2) is 0 Å². The zero-order chi connectivity index (χ0) is 14.4. The van der Waals surface area contributed by atoms with Crippen molar-refractivity contribution in [2.75, 3.05) is 5.73 Å². The molecule has 0 spiro atoms. The summed E-state index contributed by atoms with van der Waals surface area (Å²) >= 11 is 0. The molecule has 0 bridgehead atoms. The quantitative estimate of drug-likeness (QED) is 0.812. The van der Waals surface area contributed by atoms with E-state index in [1.54, 1.807) is 43.6 Å². The van der Waals surface area contributed by atoms with Gasteiger partial charge in [0.05, 0.1) is 0 Å². The van der Waals surface area contributed by atoms with Crippen LogP contribution in [0.5, 0.6) is 5.75 Å². The van der Waals surface area contributed by atoms with Crippen LogP contribution in [0.4, 0.5) is 5.69 Å². The number of rotatable bonds is 5. The highest BCUT2D eigenvalue weighted by Gasteiger charge is 2.14. The molecule has 3 N–H and O–H groups in total. The number of aromatic nitrogens is 1. The van der Waals surface area contributed by atoms with Crippen molar-refractivity contribution in [3.05, 3.63) is 54.4 Å². The summed E-state index contributed by atoms with van der Waals surface area (Å²) in [5.74, 6) is 0.439. The smallest absolute Gasteiger partial charge is 0.261 e. The topological polar surface area (TPSA) is 77.2 Å². The molecule has 5 nitrogen and oxygen atoms in total. The van der Waals surface area contributed by atoms with E-state index in [0.717, 1.165) is 5.56 Å². The Balaban J connectivity index is 1.84. The average molecular weight is 271 g/mol. The predicted octanol–water partition coefficient (Wildman–Crippen LogP) is 1.75. The molecule has 1 aromatic heterocycles. The third-order valence-electron chi connectivity index (χ3n) is 2.75. The zero-order valence-corrected chi connectivity index (χ0v) is 11.2. The Morgan fingerprint density at radius 2 is 2.10 bits per heavy atom. The van der Waals surface area contributed by atoms with Crippen molar-refractivity contribution in [1.82, 2.24) is 10.3 Å². The number of pyridine rings is 1. The number of carbonyl (C=O) groups is 1. The highest BCUT2D eigenvalue weighted by atomic mass is 16.5. The van der Waals surface area contributed by atoms with Crippen molar-refractivity contribution in [2.45, 2.75) is 19.6 Å². The first-order valence-electron chi connectivity index (χ1n) is 6.34. The van der Waals surface area contributed by atoms with E-state index in [0.29, 0.717) is 18.0 Å². The molecular formula is C15H17N3O2. The van der Waals surface area contributed by atoms with Crippen LogP contribution in [0.25, 0.3) is 0 Å². The fourth-order valence-corrected chi connectivity index (χ4v) is 1.64. The molecular weight excluding hydrogens is 254 g/mol. The summed E-state index contributed by atoms with van der Waals surface area (Å²) in [6.45, 7) is 2.14. The Labute approximate surface area is 117 Å². The molecule has 104 valence electrons. The number of amides is 1. The Kier molecular flexibility index (Phi) is 4.55. The molecule has 2 aromatic rings. The summed E-state index contributed by atoms with van der Waals surface area (Å²) in [6, 6.07) is 10.7. The number of benzene rings is 1. The van der Waals surface area contributed by atoms with E-state index in [1.165, 1.54) is 0 Å². The van der Waals surface area contributed by atoms with E-state index in [1.807, 2.05) is 12.1 Å². The van der Waals surface area contributed by atoms with Gasteiger partial charge in [0.25, 0.3) is 5.91 Å². The van der Waals surface area contributed by atoms with E-state index in [9.17, 15) is 4.79 Å². The summed E-state index contributed by atoms with van der Waals surface area (Å²) in [6.07, 6.45) is 2.83. The van der Waals surface area contributed by atoms with Crippen LogP contribution in [0.3, 0.4) is 0 Å². The van der Waals surface area contributed by atoms with Gasteiger partial charge < -0.3 is 15.8 Å². The molecule has 0 radical (unpaired) electrons. The third kappa shape index (κ3) is 3.98. The van der Waals surface area contributed by atoms with Gasteiger partial charge in [0.2, 0.25) is 0 Å². The van der Waals surface area contributed by atoms with E-state index < -0.39 is 6.10 Å². The molecule has 0 aliphatic rings. The predicted molar refractivity (Wildman–Crippen MR) is 77.0 cm³/mol. The second kappa shape index (κ2) is 6.56. The van der Waals surface area contributed by atoms with Crippen molar-refractivity contribution in [3.63, 3.8) is 0 Å². The molecule has 0 aliphatic heterocycles. The van der Waals surface area contributed by atoms with Crippen LogP contribution in [-0.4, -0.2) is 17.0 Å². The highest BCUT2D eigenvalue weighted by molar-refractivity contribution is 5.80. The third-order valence-corrected chi connectivity index (χ3v) is 2.75. The van der Waals surface area contributed by atoms with Gasteiger partial charge in [-0.05, 0) is 42.8 Å². The monoisotopic (exact) mass is 271 g/mol. The summed E-state index contributed by atoms with van der Waals surface area (Å²) in [5, 5.41) is 2.80. The van der Waals surface area contributed by atoms with E-state index in [4.69, 9.17) is 10.5 Å². The SMILES string of the molecule is CC(Oc1ccc(N)cc1)C(=O)NCc1cccnc1. The molecule has 20 heavy (non-hydrogen) atoms. The summed E-state index contributed by atoms with van der Waals surface area (Å²) < 4.78 is 5.54. The largest absolute Gasteiger partial charge is 0.481 e. The number of nitrogens with zero attached hydrogens (tertiary/aromatic N) is 1. The van der Waals surface area contributed by atoms with Crippen molar-refractivity contribution < 1.29 is 9.53 Å². The molecule has 0 saturated heterocycles. The summed E-state index contributed by atoms with van der Waals surface area (Å²) in [7, 11) is 0. The number of carbonyl (C=O) groups excluding carboxylic acids is 1. The fourth-order valence-electron chi connectivity index (χ4n) is 1.64. The van der Waals surface area contributed by atoms with E-state index in [2.05, 4.69) is 10.3 Å². The van der Waals surface area contributed by atoms with Crippen LogP contribution in [0.2, 0.25) is 0 Å². The van der Waals surface area contributed by atoms with Crippen molar-refractivity contribution >= 4 is 11.6 Å². The molecule has 0 aliphatic carbocycles.